The van der Waals surface area contributed by atoms with Crippen molar-refractivity contribution in [3.05, 3.63) is 29.6 Å². The van der Waals surface area contributed by atoms with Crippen LogP contribution in [0.5, 0.6) is 0 Å². The fourth-order valence-electron chi connectivity index (χ4n) is 2.17. The molecule has 1 saturated heterocycles. The SMILES string of the molecule is COC1CCN(c2cc(F)cc(C#N)c2)CC1. The monoisotopic (exact) mass is 234 g/mol. The third kappa shape index (κ3) is 2.75. The molecular weight excluding hydrogens is 219 g/mol. The smallest absolute Gasteiger partial charge is 0.126 e. The second-order valence-corrected chi connectivity index (χ2v) is 4.23. The number of hydrogen-bond acceptors (Lipinski definition) is 3. The summed E-state index contributed by atoms with van der Waals surface area (Å²) in [7, 11) is 1.72. The Kier molecular flexibility index (Phi) is 3.60. The van der Waals surface area contributed by atoms with E-state index in [4.69, 9.17) is 10.00 Å². The Balaban J connectivity index is 2.13. The Morgan fingerprint density at radius 3 is 2.65 bits per heavy atom. The Bertz CT molecular complexity index is 434. The van der Waals surface area contributed by atoms with Gasteiger partial charge in [-0.25, -0.2) is 4.39 Å². The predicted octanol–water partition coefficient (Wildman–Crippen LogP) is 2.31. The third-order valence-corrected chi connectivity index (χ3v) is 3.15. The van der Waals surface area contributed by atoms with Gasteiger partial charge < -0.3 is 9.64 Å². The van der Waals surface area contributed by atoms with E-state index < -0.39 is 0 Å². The van der Waals surface area contributed by atoms with Crippen LogP contribution < -0.4 is 4.90 Å². The molecule has 0 atom stereocenters. The molecule has 4 heteroatoms. The topological polar surface area (TPSA) is 36.3 Å². The van der Waals surface area contributed by atoms with Gasteiger partial charge in [0.2, 0.25) is 0 Å². The standard InChI is InChI=1S/C13H15FN2O/c1-17-13-2-4-16(5-3-13)12-7-10(9-15)6-11(14)8-12/h6-8,13H,2-5H2,1H3. The summed E-state index contributed by atoms with van der Waals surface area (Å²) in [6.45, 7) is 1.68. The van der Waals surface area contributed by atoms with Crippen LogP contribution in [0.2, 0.25) is 0 Å². The van der Waals surface area contributed by atoms with Crippen molar-refractivity contribution in [1.29, 1.82) is 5.26 Å². The van der Waals surface area contributed by atoms with Crippen LogP contribution in [0.1, 0.15) is 18.4 Å². The highest BCUT2D eigenvalue weighted by Gasteiger charge is 2.19. The zero-order valence-corrected chi connectivity index (χ0v) is 9.82. The van der Waals surface area contributed by atoms with E-state index >= 15 is 0 Å². The van der Waals surface area contributed by atoms with E-state index in [0.29, 0.717) is 11.7 Å². The van der Waals surface area contributed by atoms with Gasteiger partial charge in [0.1, 0.15) is 5.82 Å². The van der Waals surface area contributed by atoms with Crippen molar-refractivity contribution in [1.82, 2.24) is 0 Å². The lowest BCUT2D eigenvalue weighted by Crippen LogP contribution is -2.36. The largest absolute Gasteiger partial charge is 0.381 e. The fraction of sp³-hybridized carbons (Fsp3) is 0.462. The molecule has 0 saturated carbocycles. The molecule has 1 aromatic carbocycles. The van der Waals surface area contributed by atoms with Gasteiger partial charge in [0.05, 0.1) is 17.7 Å². The van der Waals surface area contributed by atoms with Crippen LogP contribution in [-0.4, -0.2) is 26.3 Å². The highest BCUT2D eigenvalue weighted by Crippen LogP contribution is 2.23. The van der Waals surface area contributed by atoms with E-state index in [0.717, 1.165) is 31.6 Å². The number of rotatable bonds is 2. The molecule has 0 unspecified atom stereocenters. The van der Waals surface area contributed by atoms with E-state index in [2.05, 4.69) is 4.90 Å². The van der Waals surface area contributed by atoms with Crippen molar-refractivity contribution < 1.29 is 9.13 Å². The minimum atomic E-state index is -0.354. The molecule has 90 valence electrons. The molecular formula is C13H15FN2O. The maximum absolute atomic E-state index is 13.3. The van der Waals surface area contributed by atoms with E-state index in [1.165, 1.54) is 12.1 Å². The quantitative estimate of drug-likeness (QED) is 0.787. The number of hydrogen-bond donors (Lipinski definition) is 0. The number of methoxy groups -OCH3 is 1. The summed E-state index contributed by atoms with van der Waals surface area (Å²) in [5.74, 6) is -0.354. The normalized spacial score (nSPS) is 16.9. The zero-order valence-electron chi connectivity index (χ0n) is 9.82. The third-order valence-electron chi connectivity index (χ3n) is 3.15. The van der Waals surface area contributed by atoms with Crippen LogP contribution in [0.4, 0.5) is 10.1 Å². The maximum Gasteiger partial charge on any atom is 0.126 e. The van der Waals surface area contributed by atoms with Crippen molar-refractivity contribution in [3.63, 3.8) is 0 Å². The number of ether oxygens (including phenoxy) is 1. The highest BCUT2D eigenvalue weighted by molar-refractivity contribution is 5.52. The van der Waals surface area contributed by atoms with Crippen LogP contribution in [0.15, 0.2) is 18.2 Å². The van der Waals surface area contributed by atoms with Crippen LogP contribution in [0.25, 0.3) is 0 Å². The van der Waals surface area contributed by atoms with Crippen LogP contribution in [0.3, 0.4) is 0 Å². The number of benzene rings is 1. The van der Waals surface area contributed by atoms with Gasteiger partial charge in [0.25, 0.3) is 0 Å². The number of piperidine rings is 1. The summed E-state index contributed by atoms with van der Waals surface area (Å²) in [6, 6.07) is 6.44. The predicted molar refractivity (Wildman–Crippen MR) is 63.4 cm³/mol. The van der Waals surface area contributed by atoms with Gasteiger partial charge in [0.15, 0.2) is 0 Å². The summed E-state index contributed by atoms with van der Waals surface area (Å²) in [6.07, 6.45) is 2.18. The molecule has 3 nitrogen and oxygen atoms in total. The molecule has 17 heavy (non-hydrogen) atoms. The Hall–Kier alpha value is -1.60. The lowest BCUT2D eigenvalue weighted by atomic mass is 10.1. The second-order valence-electron chi connectivity index (χ2n) is 4.23. The average molecular weight is 234 g/mol. The molecule has 0 bridgehead atoms. The summed E-state index contributed by atoms with van der Waals surface area (Å²) >= 11 is 0. The molecule has 1 heterocycles. The molecule has 0 radical (unpaired) electrons. The summed E-state index contributed by atoms with van der Waals surface area (Å²) < 4.78 is 18.6. The van der Waals surface area contributed by atoms with Gasteiger partial charge in [0, 0.05) is 25.9 Å². The van der Waals surface area contributed by atoms with Gasteiger partial charge >= 0.3 is 0 Å². The highest BCUT2D eigenvalue weighted by atomic mass is 19.1. The van der Waals surface area contributed by atoms with E-state index in [1.807, 2.05) is 6.07 Å². The first-order valence-electron chi connectivity index (χ1n) is 5.71. The maximum atomic E-state index is 13.3. The van der Waals surface area contributed by atoms with Crippen LogP contribution in [-0.2, 0) is 4.74 Å². The van der Waals surface area contributed by atoms with E-state index in [-0.39, 0.29) is 5.82 Å². The molecule has 0 amide bonds. The number of nitrogens with zero attached hydrogens (tertiary/aromatic N) is 2. The van der Waals surface area contributed by atoms with Crippen LogP contribution in [0, 0.1) is 17.1 Å². The summed E-state index contributed by atoms with van der Waals surface area (Å²) in [4.78, 5) is 2.10. The molecule has 1 fully saturated rings. The van der Waals surface area contributed by atoms with Crippen LogP contribution >= 0.6 is 0 Å². The van der Waals surface area contributed by atoms with Gasteiger partial charge in [-0.2, -0.15) is 5.26 Å². The minimum Gasteiger partial charge on any atom is -0.381 e. The zero-order chi connectivity index (χ0) is 12.3. The summed E-state index contributed by atoms with van der Waals surface area (Å²) in [5, 5.41) is 8.81. The number of nitriles is 1. The second kappa shape index (κ2) is 5.15. The van der Waals surface area contributed by atoms with E-state index in [1.54, 1.807) is 13.2 Å². The number of anilines is 1. The first kappa shape index (κ1) is 11.9. The van der Waals surface area contributed by atoms with Gasteiger partial charge in [-0.1, -0.05) is 0 Å². The molecule has 1 aliphatic rings. The lowest BCUT2D eigenvalue weighted by Gasteiger charge is -2.33. The Morgan fingerprint density at radius 2 is 2.06 bits per heavy atom. The molecule has 0 aromatic heterocycles. The fourth-order valence-corrected chi connectivity index (χ4v) is 2.17. The number of halogens is 1. The van der Waals surface area contributed by atoms with Gasteiger partial charge in [-0.05, 0) is 31.0 Å². The van der Waals surface area contributed by atoms with Gasteiger partial charge in [-0.15, -0.1) is 0 Å². The van der Waals surface area contributed by atoms with Crippen molar-refractivity contribution in [3.8, 4) is 6.07 Å². The summed E-state index contributed by atoms with van der Waals surface area (Å²) in [5.41, 5.74) is 1.16. The first-order chi connectivity index (χ1) is 8.22. The molecule has 0 spiro atoms. The van der Waals surface area contributed by atoms with Crippen molar-refractivity contribution in [2.45, 2.75) is 18.9 Å². The Morgan fingerprint density at radius 1 is 1.35 bits per heavy atom. The molecule has 0 N–H and O–H groups in total. The van der Waals surface area contributed by atoms with Crippen molar-refractivity contribution in [2.24, 2.45) is 0 Å². The van der Waals surface area contributed by atoms with Crippen molar-refractivity contribution in [2.75, 3.05) is 25.1 Å². The lowest BCUT2D eigenvalue weighted by molar-refractivity contribution is 0.0819. The molecule has 1 aliphatic heterocycles. The molecule has 2 rings (SSSR count). The molecule has 1 aromatic rings. The van der Waals surface area contributed by atoms with E-state index in [9.17, 15) is 4.39 Å². The molecule has 0 aliphatic carbocycles. The Labute approximate surface area is 100 Å². The van der Waals surface area contributed by atoms with Crippen molar-refractivity contribution >= 4 is 5.69 Å². The first-order valence-corrected chi connectivity index (χ1v) is 5.71. The average Bonchev–Trinajstić information content (AvgIpc) is 2.38. The minimum absolute atomic E-state index is 0.301. The van der Waals surface area contributed by atoms with Gasteiger partial charge in [-0.3, -0.25) is 0 Å².